The van der Waals surface area contributed by atoms with Gasteiger partial charge in [0.05, 0.1) is 38.8 Å². The zero-order chi connectivity index (χ0) is 24.6. The van der Waals surface area contributed by atoms with Crippen molar-refractivity contribution >= 4 is 5.65 Å². The van der Waals surface area contributed by atoms with E-state index in [-0.39, 0.29) is 17.6 Å². The van der Waals surface area contributed by atoms with Crippen LogP contribution >= 0.6 is 0 Å². The maximum atomic E-state index is 11.1. The van der Waals surface area contributed by atoms with Gasteiger partial charge >= 0.3 is 0 Å². The number of phenols is 1. The minimum atomic E-state index is 0.0297. The monoisotopic (exact) mass is 461 g/mol. The van der Waals surface area contributed by atoms with Gasteiger partial charge < -0.3 is 19.3 Å². The number of hydrogen-bond donors (Lipinski definition) is 1. The highest BCUT2D eigenvalue weighted by Gasteiger charge is 2.24. The van der Waals surface area contributed by atoms with Crippen molar-refractivity contribution in [2.75, 3.05) is 21.3 Å². The van der Waals surface area contributed by atoms with Crippen molar-refractivity contribution in [3.63, 3.8) is 0 Å². The highest BCUT2D eigenvalue weighted by Crippen LogP contribution is 2.46. The first-order chi connectivity index (χ1) is 16.3. The van der Waals surface area contributed by atoms with Crippen molar-refractivity contribution in [2.24, 2.45) is 0 Å². The third kappa shape index (κ3) is 3.91. The van der Waals surface area contributed by atoms with Crippen molar-refractivity contribution in [3.8, 4) is 45.4 Å². The van der Waals surface area contributed by atoms with E-state index < -0.39 is 0 Å². The number of methoxy groups -OCH3 is 3. The minimum absolute atomic E-state index is 0.0297. The lowest BCUT2D eigenvalue weighted by Gasteiger charge is -2.22. The number of fused-ring (bicyclic) bond motifs is 1. The number of ether oxygens (including phenoxy) is 3. The van der Waals surface area contributed by atoms with Crippen LogP contribution in [0.1, 0.15) is 50.7 Å². The second kappa shape index (κ2) is 9.25. The van der Waals surface area contributed by atoms with Gasteiger partial charge in [-0.15, -0.1) is 0 Å². The smallest absolute Gasteiger partial charge is 0.155 e. The summed E-state index contributed by atoms with van der Waals surface area (Å²) < 4.78 is 18.6. The van der Waals surface area contributed by atoms with Gasteiger partial charge in [-0.3, -0.25) is 0 Å². The summed E-state index contributed by atoms with van der Waals surface area (Å²) in [7, 11) is 4.84. The molecule has 0 saturated carbocycles. The molecule has 4 aromatic rings. The summed E-state index contributed by atoms with van der Waals surface area (Å²) in [4.78, 5) is 4.64. The Balaban J connectivity index is 2.11. The first-order valence-electron chi connectivity index (χ1n) is 11.3. The molecule has 2 aromatic carbocycles. The summed E-state index contributed by atoms with van der Waals surface area (Å²) in [5.74, 6) is 2.42. The summed E-state index contributed by atoms with van der Waals surface area (Å²) >= 11 is 0. The zero-order valence-corrected chi connectivity index (χ0v) is 20.7. The van der Waals surface area contributed by atoms with Crippen LogP contribution in [0.3, 0.4) is 0 Å². The molecule has 0 aliphatic rings. The van der Waals surface area contributed by atoms with E-state index in [9.17, 15) is 5.11 Å². The van der Waals surface area contributed by atoms with Crippen LogP contribution in [0.4, 0.5) is 0 Å². The fourth-order valence-electron chi connectivity index (χ4n) is 4.34. The quantitative estimate of drug-likeness (QED) is 0.361. The Morgan fingerprint density at radius 1 is 0.882 bits per heavy atom. The molecular weight excluding hydrogens is 430 g/mol. The zero-order valence-electron chi connectivity index (χ0n) is 20.7. The van der Waals surface area contributed by atoms with Crippen LogP contribution in [-0.4, -0.2) is 41.0 Å². The van der Waals surface area contributed by atoms with E-state index in [1.165, 1.54) is 0 Å². The molecule has 34 heavy (non-hydrogen) atoms. The molecule has 0 saturated heterocycles. The van der Waals surface area contributed by atoms with E-state index in [1.54, 1.807) is 44.2 Å². The van der Waals surface area contributed by atoms with Crippen LogP contribution < -0.4 is 14.2 Å². The molecule has 0 unspecified atom stereocenters. The van der Waals surface area contributed by atoms with Gasteiger partial charge in [0.2, 0.25) is 0 Å². The van der Waals surface area contributed by atoms with E-state index in [1.807, 2.05) is 12.3 Å². The molecule has 4 rings (SSSR count). The van der Waals surface area contributed by atoms with Crippen LogP contribution in [0.2, 0.25) is 0 Å². The van der Waals surface area contributed by atoms with Gasteiger partial charge in [-0.1, -0.05) is 27.7 Å². The molecule has 7 nitrogen and oxygen atoms in total. The van der Waals surface area contributed by atoms with E-state index in [4.69, 9.17) is 14.2 Å². The van der Waals surface area contributed by atoms with E-state index in [2.05, 4.69) is 49.9 Å². The number of rotatable bonds is 7. The Kier molecular flexibility index (Phi) is 6.37. The molecule has 2 aromatic heterocycles. The third-order valence-electron chi connectivity index (χ3n) is 6.07. The van der Waals surface area contributed by atoms with Crippen LogP contribution in [-0.2, 0) is 0 Å². The third-order valence-corrected chi connectivity index (χ3v) is 6.07. The molecule has 178 valence electrons. The molecule has 0 atom stereocenters. The number of phenolic OH excluding ortho intramolecular Hbond substituents is 1. The number of benzene rings is 2. The summed E-state index contributed by atoms with van der Waals surface area (Å²) in [6.45, 7) is 8.61. The van der Waals surface area contributed by atoms with Crippen molar-refractivity contribution in [1.82, 2.24) is 14.6 Å². The minimum Gasteiger partial charge on any atom is -0.507 e. The van der Waals surface area contributed by atoms with Crippen molar-refractivity contribution in [1.29, 1.82) is 0 Å². The van der Waals surface area contributed by atoms with Crippen molar-refractivity contribution in [2.45, 2.75) is 39.5 Å². The normalized spacial score (nSPS) is 11.4. The van der Waals surface area contributed by atoms with Crippen molar-refractivity contribution < 1.29 is 19.3 Å². The summed E-state index contributed by atoms with van der Waals surface area (Å²) in [5.41, 5.74) is 5.87. The van der Waals surface area contributed by atoms with E-state index >= 15 is 0 Å². The highest BCUT2D eigenvalue weighted by atomic mass is 16.5. The summed E-state index contributed by atoms with van der Waals surface area (Å²) in [6.07, 6.45) is 3.52. The lowest BCUT2D eigenvalue weighted by Crippen LogP contribution is -2.05. The lowest BCUT2D eigenvalue weighted by molar-refractivity contribution is 0.386. The highest BCUT2D eigenvalue weighted by molar-refractivity contribution is 5.88. The maximum Gasteiger partial charge on any atom is 0.155 e. The average Bonchev–Trinajstić information content (AvgIpc) is 3.31. The molecule has 0 aliphatic carbocycles. The largest absolute Gasteiger partial charge is 0.507 e. The predicted molar refractivity (Wildman–Crippen MR) is 133 cm³/mol. The molecule has 0 bridgehead atoms. The molecule has 1 N–H and O–H groups in total. The maximum absolute atomic E-state index is 11.1. The SMILES string of the molecule is COc1cc(O)c(-c2c(-c3cc(C(C)C)c(OC)c(C(C)C)c3)cnc3ccnn23)c(OC)c1. The molecule has 0 radical (unpaired) electrons. The predicted octanol–water partition coefficient (Wildman–Crippen LogP) is 6.04. The van der Waals surface area contributed by atoms with Crippen molar-refractivity contribution in [3.05, 3.63) is 53.9 Å². The molecule has 0 spiro atoms. The molecule has 0 aliphatic heterocycles. The first kappa shape index (κ1) is 23.4. The van der Waals surface area contributed by atoms with Gasteiger partial charge in [0.1, 0.15) is 23.0 Å². The Bertz CT molecular complexity index is 1310. The first-order valence-corrected chi connectivity index (χ1v) is 11.3. The summed E-state index contributed by atoms with van der Waals surface area (Å²) in [6, 6.07) is 9.43. The molecule has 0 amide bonds. The topological polar surface area (TPSA) is 78.1 Å². The fourth-order valence-corrected chi connectivity index (χ4v) is 4.34. The Morgan fingerprint density at radius 3 is 2.12 bits per heavy atom. The molecule has 7 heteroatoms. The summed E-state index contributed by atoms with van der Waals surface area (Å²) in [5, 5.41) is 15.6. The lowest BCUT2D eigenvalue weighted by atomic mass is 9.88. The fraction of sp³-hybridized carbons (Fsp3) is 0.333. The molecular formula is C27H31N3O4. The van der Waals surface area contributed by atoms with E-state index in [0.29, 0.717) is 28.4 Å². The Morgan fingerprint density at radius 2 is 1.56 bits per heavy atom. The second-order valence-electron chi connectivity index (χ2n) is 8.84. The van der Waals surface area contributed by atoms with Crippen LogP contribution in [0.5, 0.6) is 23.0 Å². The number of hydrogen-bond acceptors (Lipinski definition) is 6. The molecule has 0 fully saturated rings. The number of aromatic hydroxyl groups is 1. The number of aromatic nitrogens is 3. The van der Waals surface area contributed by atoms with Gasteiger partial charge in [-0.05, 0) is 40.7 Å². The molecule has 2 heterocycles. The van der Waals surface area contributed by atoms with Crippen LogP contribution in [0, 0.1) is 0 Å². The van der Waals surface area contributed by atoms with Gasteiger partial charge in [0.25, 0.3) is 0 Å². The van der Waals surface area contributed by atoms with Gasteiger partial charge in [-0.25, -0.2) is 9.50 Å². The standard InChI is InChI=1S/C27H31N3O4/c1-15(2)19-10-17(11-20(16(3)4)27(19)34-7)21-14-28-24-8-9-29-30(24)26(21)25-22(31)12-18(32-5)13-23(25)33-6/h8-16,31H,1-7H3. The number of nitrogens with zero attached hydrogens (tertiary/aromatic N) is 3. The van der Waals surface area contributed by atoms with Gasteiger partial charge in [0.15, 0.2) is 5.65 Å². The van der Waals surface area contributed by atoms with Crippen LogP contribution in [0.25, 0.3) is 28.0 Å². The Labute approximate surface area is 199 Å². The Hall–Kier alpha value is -3.74. The average molecular weight is 462 g/mol. The van der Waals surface area contributed by atoms with Gasteiger partial charge in [-0.2, -0.15) is 5.10 Å². The second-order valence-corrected chi connectivity index (χ2v) is 8.84. The van der Waals surface area contributed by atoms with Gasteiger partial charge in [0, 0.05) is 30.0 Å². The van der Waals surface area contributed by atoms with E-state index in [0.717, 1.165) is 28.0 Å². The van der Waals surface area contributed by atoms with Crippen LogP contribution in [0.15, 0.2) is 42.7 Å².